The van der Waals surface area contributed by atoms with Gasteiger partial charge in [0.2, 0.25) is 0 Å². The lowest BCUT2D eigenvalue weighted by atomic mass is 9.85. The molecule has 3 aliphatic heterocycles. The number of para-hydroxylation sites is 2. The van der Waals surface area contributed by atoms with Crippen LogP contribution in [0.3, 0.4) is 0 Å². The zero-order valence-electron chi connectivity index (χ0n) is 20.9. The van der Waals surface area contributed by atoms with Gasteiger partial charge in [-0.2, -0.15) is 0 Å². The van der Waals surface area contributed by atoms with Crippen LogP contribution in [0, 0.1) is 11.8 Å². The average Bonchev–Trinajstić information content (AvgIpc) is 3.59. The van der Waals surface area contributed by atoms with Crippen molar-refractivity contribution in [3.05, 3.63) is 71.5 Å². The molecule has 36 heavy (non-hydrogen) atoms. The molecule has 2 atom stereocenters. The topological polar surface area (TPSA) is 59.3 Å². The van der Waals surface area contributed by atoms with Crippen LogP contribution < -0.4 is 5.32 Å². The number of aromatic nitrogens is 2. The lowest BCUT2D eigenvalue weighted by Crippen LogP contribution is -2.29. The second-order valence-electron chi connectivity index (χ2n) is 10.9. The van der Waals surface area contributed by atoms with Crippen LogP contribution in [-0.4, -0.2) is 45.0 Å². The van der Waals surface area contributed by atoms with Crippen molar-refractivity contribution in [1.82, 2.24) is 19.4 Å². The largest absolute Gasteiger partial charge is 0.350 e. The van der Waals surface area contributed by atoms with Gasteiger partial charge in [-0.25, -0.2) is 0 Å². The molecule has 3 aliphatic rings. The number of benzene rings is 2. The van der Waals surface area contributed by atoms with Crippen molar-refractivity contribution in [2.45, 2.75) is 32.9 Å². The number of carbonyl (C=O) groups is 2. The zero-order chi connectivity index (χ0) is 24.7. The molecule has 2 amide bonds. The Bertz CT molecular complexity index is 1620. The molecule has 2 aromatic carbocycles. The van der Waals surface area contributed by atoms with Crippen LogP contribution in [0.4, 0.5) is 0 Å². The molecule has 1 fully saturated rings. The third-order valence-corrected chi connectivity index (χ3v) is 8.63. The molecule has 0 aliphatic carbocycles. The van der Waals surface area contributed by atoms with Crippen LogP contribution in [0.1, 0.15) is 30.7 Å². The summed E-state index contributed by atoms with van der Waals surface area (Å²) in [5.41, 5.74) is 6.17. The van der Waals surface area contributed by atoms with Crippen molar-refractivity contribution in [3.8, 4) is 0 Å². The maximum atomic E-state index is 13.5. The Labute approximate surface area is 210 Å². The molecule has 5 heterocycles. The Morgan fingerprint density at radius 3 is 2.28 bits per heavy atom. The first kappa shape index (κ1) is 21.6. The number of nitrogens with zero attached hydrogens (tertiary/aromatic N) is 3. The lowest BCUT2D eigenvalue weighted by Gasteiger charge is -2.28. The number of fused-ring (bicyclic) bond motifs is 5. The van der Waals surface area contributed by atoms with E-state index in [2.05, 4.69) is 46.8 Å². The van der Waals surface area contributed by atoms with Crippen molar-refractivity contribution >= 4 is 44.8 Å². The number of likely N-dealkylation sites (tertiary alicyclic amines) is 1. The Kier molecular flexibility index (Phi) is 4.61. The molecule has 7 rings (SSSR count). The van der Waals surface area contributed by atoms with Crippen molar-refractivity contribution in [1.29, 1.82) is 0 Å². The highest BCUT2D eigenvalue weighted by atomic mass is 16.2. The van der Waals surface area contributed by atoms with Crippen LogP contribution in [-0.2, 0) is 29.6 Å². The SMILES string of the molecule is CC(C)N1CC2Cc3c(C4=C(c5cn(C)c6ccccc56)C(=O)NC4=O)c4ccccc4n3CC2C1. The number of hydrogen-bond donors (Lipinski definition) is 1. The van der Waals surface area contributed by atoms with Crippen molar-refractivity contribution in [2.24, 2.45) is 18.9 Å². The first-order valence-electron chi connectivity index (χ1n) is 12.9. The molecule has 182 valence electrons. The Morgan fingerprint density at radius 1 is 0.833 bits per heavy atom. The van der Waals surface area contributed by atoms with Gasteiger partial charge in [0.25, 0.3) is 11.8 Å². The molecule has 2 aromatic heterocycles. The van der Waals surface area contributed by atoms with Crippen LogP contribution in [0.5, 0.6) is 0 Å². The van der Waals surface area contributed by atoms with E-state index in [1.54, 1.807) is 0 Å². The van der Waals surface area contributed by atoms with Crippen molar-refractivity contribution < 1.29 is 9.59 Å². The number of hydrogen-bond acceptors (Lipinski definition) is 3. The van der Waals surface area contributed by atoms with Gasteiger partial charge in [0.1, 0.15) is 0 Å². The van der Waals surface area contributed by atoms with E-state index in [0.717, 1.165) is 59.0 Å². The monoisotopic (exact) mass is 478 g/mol. The summed E-state index contributed by atoms with van der Waals surface area (Å²) in [7, 11) is 1.98. The van der Waals surface area contributed by atoms with E-state index in [1.807, 2.05) is 48.1 Å². The van der Waals surface area contributed by atoms with Crippen molar-refractivity contribution in [3.63, 3.8) is 0 Å². The van der Waals surface area contributed by atoms with E-state index < -0.39 is 0 Å². The van der Waals surface area contributed by atoms with E-state index in [-0.39, 0.29) is 11.8 Å². The van der Waals surface area contributed by atoms with Gasteiger partial charge in [0.05, 0.1) is 11.1 Å². The Morgan fingerprint density at radius 2 is 1.50 bits per heavy atom. The third kappa shape index (κ3) is 2.94. The van der Waals surface area contributed by atoms with Gasteiger partial charge in [0, 0.05) is 77.5 Å². The van der Waals surface area contributed by atoms with Crippen LogP contribution in [0.15, 0.2) is 54.7 Å². The molecule has 4 aromatic rings. The van der Waals surface area contributed by atoms with Crippen LogP contribution >= 0.6 is 0 Å². The number of imide groups is 1. The summed E-state index contributed by atoms with van der Waals surface area (Å²) in [5.74, 6) is 0.564. The number of amides is 2. The maximum absolute atomic E-state index is 13.5. The summed E-state index contributed by atoms with van der Waals surface area (Å²) in [6.45, 7) is 7.70. The van der Waals surface area contributed by atoms with Crippen molar-refractivity contribution in [2.75, 3.05) is 13.1 Å². The summed E-state index contributed by atoms with van der Waals surface area (Å²) < 4.78 is 4.46. The first-order chi connectivity index (χ1) is 17.4. The molecule has 0 saturated carbocycles. The molecule has 0 spiro atoms. The zero-order valence-corrected chi connectivity index (χ0v) is 20.9. The van der Waals surface area contributed by atoms with E-state index in [9.17, 15) is 9.59 Å². The highest BCUT2D eigenvalue weighted by Crippen LogP contribution is 2.45. The molecular weight excluding hydrogens is 448 g/mol. The van der Waals surface area contributed by atoms with Gasteiger partial charge in [-0.3, -0.25) is 14.9 Å². The fourth-order valence-corrected chi connectivity index (χ4v) is 6.87. The molecule has 0 bridgehead atoms. The molecule has 0 radical (unpaired) electrons. The predicted octanol–water partition coefficient (Wildman–Crippen LogP) is 4.21. The minimum atomic E-state index is -0.309. The normalized spacial score (nSPS) is 22.2. The van der Waals surface area contributed by atoms with Gasteiger partial charge in [-0.15, -0.1) is 0 Å². The quantitative estimate of drug-likeness (QED) is 0.449. The molecule has 6 heteroatoms. The summed E-state index contributed by atoms with van der Waals surface area (Å²) in [6.07, 6.45) is 2.90. The minimum Gasteiger partial charge on any atom is -0.350 e. The number of carbonyl (C=O) groups excluding carboxylic acids is 2. The second kappa shape index (κ2) is 7.68. The number of rotatable bonds is 3. The molecule has 1 N–H and O–H groups in total. The standard InChI is InChI=1S/C30H30N4O2/c1-17(2)33-13-18-12-25-26(21-9-5-7-11-24(21)34(25)15-19(18)14-33)28-27(29(35)31-30(28)36)22-16-32(3)23-10-6-4-8-20(22)23/h4-11,16-19H,12-15H2,1-3H3,(H,31,35,36). The molecule has 1 saturated heterocycles. The summed E-state index contributed by atoms with van der Waals surface area (Å²) in [4.78, 5) is 29.4. The van der Waals surface area contributed by atoms with Gasteiger partial charge in [-0.1, -0.05) is 36.4 Å². The summed E-state index contributed by atoms with van der Waals surface area (Å²) in [6, 6.07) is 17.0. The smallest absolute Gasteiger partial charge is 0.259 e. The van der Waals surface area contributed by atoms with E-state index in [1.165, 1.54) is 5.69 Å². The second-order valence-corrected chi connectivity index (χ2v) is 10.9. The number of aryl methyl sites for hydroxylation is 1. The van der Waals surface area contributed by atoms with Gasteiger partial charge >= 0.3 is 0 Å². The molecule has 6 nitrogen and oxygen atoms in total. The highest BCUT2D eigenvalue weighted by Gasteiger charge is 2.42. The minimum absolute atomic E-state index is 0.292. The van der Waals surface area contributed by atoms with E-state index in [4.69, 9.17) is 0 Å². The van der Waals surface area contributed by atoms with Gasteiger partial charge in [0.15, 0.2) is 0 Å². The third-order valence-electron chi connectivity index (χ3n) is 8.63. The average molecular weight is 479 g/mol. The predicted molar refractivity (Wildman–Crippen MR) is 142 cm³/mol. The molecule has 2 unspecified atom stereocenters. The van der Waals surface area contributed by atoms with Gasteiger partial charge < -0.3 is 14.0 Å². The Balaban J connectivity index is 1.48. The van der Waals surface area contributed by atoms with E-state index >= 15 is 0 Å². The maximum Gasteiger partial charge on any atom is 0.259 e. The summed E-state index contributed by atoms with van der Waals surface area (Å²) >= 11 is 0. The highest BCUT2D eigenvalue weighted by molar-refractivity contribution is 6.51. The number of nitrogens with one attached hydrogen (secondary N) is 1. The summed E-state index contributed by atoms with van der Waals surface area (Å²) in [5, 5.41) is 4.68. The Hall–Kier alpha value is -3.64. The van der Waals surface area contributed by atoms with Crippen LogP contribution in [0.2, 0.25) is 0 Å². The van der Waals surface area contributed by atoms with E-state index in [0.29, 0.717) is 29.0 Å². The van der Waals surface area contributed by atoms with Crippen LogP contribution in [0.25, 0.3) is 33.0 Å². The fraction of sp³-hybridized carbons (Fsp3) is 0.333. The lowest BCUT2D eigenvalue weighted by molar-refractivity contribution is -0.122. The molecular formula is C30H30N4O2. The first-order valence-corrected chi connectivity index (χ1v) is 12.9. The fourth-order valence-electron chi connectivity index (χ4n) is 6.87. The van der Waals surface area contributed by atoms with Gasteiger partial charge in [-0.05, 0) is 44.2 Å².